The fourth-order valence-electron chi connectivity index (χ4n) is 1.76. The van der Waals surface area contributed by atoms with Crippen molar-refractivity contribution in [2.24, 2.45) is 0 Å². The lowest BCUT2D eigenvalue weighted by atomic mass is 10.1. The molecule has 1 N–H and O–H groups in total. The number of nitrogens with zero attached hydrogens (tertiary/aromatic N) is 1. The highest BCUT2D eigenvalue weighted by molar-refractivity contribution is 9.11. The molecule has 1 aromatic heterocycles. The monoisotopic (exact) mass is 412 g/mol. The summed E-state index contributed by atoms with van der Waals surface area (Å²) < 4.78 is 6.74. The van der Waals surface area contributed by atoms with Crippen molar-refractivity contribution in [2.75, 3.05) is 0 Å². The molecule has 2 rings (SSSR count). The van der Waals surface area contributed by atoms with Gasteiger partial charge in [-0.25, -0.2) is 9.78 Å². The Morgan fingerprint density at radius 3 is 2.76 bits per heavy atom. The summed E-state index contributed by atoms with van der Waals surface area (Å²) in [5.74, 6) is 0. The smallest absolute Gasteiger partial charge is 0.407 e. The van der Waals surface area contributed by atoms with Crippen LogP contribution in [0.1, 0.15) is 24.1 Å². The molecule has 4 nitrogen and oxygen atoms in total. The zero-order valence-electron chi connectivity index (χ0n) is 11.3. The molecule has 0 bridgehead atoms. The molecule has 110 valence electrons. The summed E-state index contributed by atoms with van der Waals surface area (Å²) in [5, 5.41) is 2.78. The van der Waals surface area contributed by atoms with Crippen LogP contribution in [0.2, 0.25) is 0 Å². The second-order valence-corrected chi connectivity index (χ2v) is 6.13. The number of halogens is 2. The maximum absolute atomic E-state index is 11.8. The van der Waals surface area contributed by atoms with Crippen molar-refractivity contribution in [3.63, 3.8) is 0 Å². The Morgan fingerprint density at radius 1 is 1.33 bits per heavy atom. The maximum atomic E-state index is 11.8. The molecule has 0 radical (unpaired) electrons. The van der Waals surface area contributed by atoms with Crippen LogP contribution in [0, 0.1) is 0 Å². The zero-order chi connectivity index (χ0) is 15.2. The van der Waals surface area contributed by atoms with Crippen molar-refractivity contribution in [1.29, 1.82) is 0 Å². The Kier molecular flexibility index (Phi) is 5.76. The third-order valence-electron chi connectivity index (χ3n) is 2.85. The SMILES string of the molecule is CC(NC(=O)OCc1ccccc1)c1cc(Br)cnc1Br. The largest absolute Gasteiger partial charge is 0.445 e. The molecular formula is C15H14Br2N2O2. The first-order valence-electron chi connectivity index (χ1n) is 6.34. The fourth-order valence-corrected chi connectivity index (χ4v) is 2.67. The predicted octanol–water partition coefficient (Wildman–Crippen LogP) is 4.59. The van der Waals surface area contributed by atoms with E-state index in [9.17, 15) is 4.79 Å². The third-order valence-corrected chi connectivity index (χ3v) is 3.94. The number of benzene rings is 1. The Bertz CT molecular complexity index is 620. The first kappa shape index (κ1) is 16.0. The van der Waals surface area contributed by atoms with E-state index in [0.29, 0.717) is 4.60 Å². The Labute approximate surface area is 140 Å². The number of pyridine rings is 1. The summed E-state index contributed by atoms with van der Waals surface area (Å²) in [5.41, 5.74) is 1.83. The van der Waals surface area contributed by atoms with Crippen LogP contribution >= 0.6 is 31.9 Å². The minimum Gasteiger partial charge on any atom is -0.445 e. The van der Waals surface area contributed by atoms with Crippen molar-refractivity contribution in [3.05, 3.63) is 62.8 Å². The molecule has 6 heteroatoms. The number of rotatable bonds is 4. The minimum atomic E-state index is -0.460. The lowest BCUT2D eigenvalue weighted by Crippen LogP contribution is -2.27. The van der Waals surface area contributed by atoms with Crippen LogP contribution in [0.15, 0.2) is 51.7 Å². The molecular weight excluding hydrogens is 400 g/mol. The van der Waals surface area contributed by atoms with Gasteiger partial charge in [0.05, 0.1) is 6.04 Å². The van der Waals surface area contributed by atoms with Crippen LogP contribution in [0.25, 0.3) is 0 Å². The molecule has 1 atom stereocenters. The Balaban J connectivity index is 1.91. The van der Waals surface area contributed by atoms with Crippen LogP contribution < -0.4 is 5.32 Å². The van der Waals surface area contributed by atoms with E-state index in [0.717, 1.165) is 15.6 Å². The van der Waals surface area contributed by atoms with Gasteiger partial charge in [0.2, 0.25) is 0 Å². The van der Waals surface area contributed by atoms with E-state index in [1.807, 2.05) is 43.3 Å². The summed E-state index contributed by atoms with van der Waals surface area (Å²) in [6, 6.07) is 11.2. The highest BCUT2D eigenvalue weighted by Crippen LogP contribution is 2.24. The van der Waals surface area contributed by atoms with Gasteiger partial charge in [-0.1, -0.05) is 30.3 Å². The molecule has 1 aromatic carbocycles. The summed E-state index contributed by atoms with van der Waals surface area (Å²) in [6.07, 6.45) is 1.23. The van der Waals surface area contributed by atoms with Crippen molar-refractivity contribution >= 4 is 38.0 Å². The van der Waals surface area contributed by atoms with Crippen LogP contribution in [-0.4, -0.2) is 11.1 Å². The van der Waals surface area contributed by atoms with Gasteiger partial charge in [0.1, 0.15) is 11.2 Å². The van der Waals surface area contributed by atoms with Crippen molar-refractivity contribution in [3.8, 4) is 0 Å². The number of ether oxygens (including phenoxy) is 1. The number of hydrogen-bond acceptors (Lipinski definition) is 3. The lowest BCUT2D eigenvalue weighted by Gasteiger charge is -2.15. The molecule has 1 amide bonds. The zero-order valence-corrected chi connectivity index (χ0v) is 14.5. The van der Waals surface area contributed by atoms with Gasteiger partial charge in [-0.05, 0) is 50.4 Å². The first-order chi connectivity index (χ1) is 10.1. The number of alkyl carbamates (subject to hydrolysis) is 1. The molecule has 0 aliphatic rings. The Morgan fingerprint density at radius 2 is 2.05 bits per heavy atom. The molecule has 0 fully saturated rings. The van der Waals surface area contributed by atoms with Crippen LogP contribution in [-0.2, 0) is 11.3 Å². The number of amides is 1. The molecule has 0 saturated carbocycles. The summed E-state index contributed by atoms with van der Waals surface area (Å²) in [4.78, 5) is 16.0. The second kappa shape index (κ2) is 7.56. The van der Waals surface area contributed by atoms with E-state index >= 15 is 0 Å². The standard InChI is InChI=1S/C15H14Br2N2O2/c1-10(13-7-12(16)8-18-14(13)17)19-15(20)21-9-11-5-3-2-4-6-11/h2-8,10H,9H2,1H3,(H,19,20). The molecule has 0 aliphatic heterocycles. The van der Waals surface area contributed by atoms with E-state index in [1.54, 1.807) is 6.20 Å². The predicted molar refractivity (Wildman–Crippen MR) is 87.8 cm³/mol. The van der Waals surface area contributed by atoms with Gasteiger partial charge >= 0.3 is 6.09 Å². The van der Waals surface area contributed by atoms with Gasteiger partial charge in [0.25, 0.3) is 0 Å². The highest BCUT2D eigenvalue weighted by atomic mass is 79.9. The van der Waals surface area contributed by atoms with Crippen LogP contribution in [0.4, 0.5) is 4.79 Å². The van der Waals surface area contributed by atoms with Crippen molar-refractivity contribution in [2.45, 2.75) is 19.6 Å². The molecule has 0 saturated heterocycles. The third kappa shape index (κ3) is 4.82. The van der Waals surface area contributed by atoms with Crippen molar-refractivity contribution in [1.82, 2.24) is 10.3 Å². The van der Waals surface area contributed by atoms with Crippen LogP contribution in [0.5, 0.6) is 0 Å². The van der Waals surface area contributed by atoms with Gasteiger partial charge in [0, 0.05) is 16.2 Å². The van der Waals surface area contributed by atoms with Crippen LogP contribution in [0.3, 0.4) is 0 Å². The topological polar surface area (TPSA) is 51.2 Å². The Hall–Kier alpha value is -1.40. The van der Waals surface area contributed by atoms with E-state index in [1.165, 1.54) is 0 Å². The fraction of sp³-hybridized carbons (Fsp3) is 0.200. The summed E-state index contributed by atoms with van der Waals surface area (Å²) in [6.45, 7) is 2.12. The summed E-state index contributed by atoms with van der Waals surface area (Å²) in [7, 11) is 0. The van der Waals surface area contributed by atoms with Gasteiger partial charge in [-0.15, -0.1) is 0 Å². The molecule has 1 heterocycles. The highest BCUT2D eigenvalue weighted by Gasteiger charge is 2.14. The van der Waals surface area contributed by atoms with Gasteiger partial charge in [-0.3, -0.25) is 0 Å². The number of aromatic nitrogens is 1. The normalized spacial score (nSPS) is 11.8. The van der Waals surface area contributed by atoms with E-state index in [2.05, 4.69) is 42.2 Å². The average Bonchev–Trinajstić information content (AvgIpc) is 2.48. The molecule has 0 spiro atoms. The van der Waals surface area contributed by atoms with E-state index in [4.69, 9.17) is 4.74 Å². The van der Waals surface area contributed by atoms with E-state index < -0.39 is 6.09 Å². The van der Waals surface area contributed by atoms with Gasteiger partial charge in [-0.2, -0.15) is 0 Å². The number of carbonyl (C=O) groups is 1. The van der Waals surface area contributed by atoms with Gasteiger partial charge in [0.15, 0.2) is 0 Å². The summed E-state index contributed by atoms with van der Waals surface area (Å²) >= 11 is 6.74. The first-order valence-corrected chi connectivity index (χ1v) is 7.93. The molecule has 2 aromatic rings. The number of nitrogens with one attached hydrogen (secondary N) is 1. The van der Waals surface area contributed by atoms with Crippen molar-refractivity contribution < 1.29 is 9.53 Å². The maximum Gasteiger partial charge on any atom is 0.407 e. The number of carbonyl (C=O) groups excluding carboxylic acids is 1. The molecule has 21 heavy (non-hydrogen) atoms. The molecule has 0 aliphatic carbocycles. The molecule has 1 unspecified atom stereocenters. The minimum absolute atomic E-state index is 0.215. The van der Waals surface area contributed by atoms with Gasteiger partial charge < -0.3 is 10.1 Å². The average molecular weight is 414 g/mol. The lowest BCUT2D eigenvalue weighted by molar-refractivity contribution is 0.136. The second-order valence-electron chi connectivity index (χ2n) is 4.46. The van der Waals surface area contributed by atoms with E-state index in [-0.39, 0.29) is 12.6 Å². The number of hydrogen-bond donors (Lipinski definition) is 1. The quantitative estimate of drug-likeness (QED) is 0.745.